The standard InChI is InChI=1S/C16H11ClN2OS.2C16H11NO2S.C15H8ClFN2OS/c1-9-5-14-10(6-11(9)17)7-15(20-14)13-8-21-16(19-13)12-3-2-4-18-12;2*1-10-4-5-11-8-15(19-14(11)7-10)12-9-20-16(17-12)13-3-2-6-18-13;16-9-6-13-8(4-10(9)17)5-14(20-13)12-7-21-15(19-12)11-2-1-3-18-11/h2-8,18H,1H3;2*2-9H,1H3;1-7,18H. The zero-order chi connectivity index (χ0) is 55.8. The van der Waals surface area contributed by atoms with Crippen LogP contribution in [0.5, 0.6) is 0 Å². The zero-order valence-electron chi connectivity index (χ0n) is 43.3. The Morgan fingerprint density at radius 3 is 1.26 bits per heavy atom. The Kier molecular flexibility index (Phi) is 14.5. The van der Waals surface area contributed by atoms with Gasteiger partial charge in [0.15, 0.2) is 44.6 Å². The molecule has 0 amide bonds. The van der Waals surface area contributed by atoms with Crippen molar-refractivity contribution in [2.45, 2.75) is 20.8 Å². The molecule has 0 unspecified atom stereocenters. The molecule has 12 heterocycles. The van der Waals surface area contributed by atoms with Gasteiger partial charge < -0.3 is 36.5 Å². The molecule has 0 bridgehead atoms. The molecule has 16 aromatic rings. The van der Waals surface area contributed by atoms with Crippen molar-refractivity contribution in [3.63, 3.8) is 0 Å². The van der Waals surface area contributed by atoms with Crippen molar-refractivity contribution < 1.29 is 30.9 Å². The number of nitrogens with one attached hydrogen (secondary N) is 2. The minimum absolute atomic E-state index is 0.0498. The van der Waals surface area contributed by atoms with Gasteiger partial charge in [-0.25, -0.2) is 24.3 Å². The molecule has 0 aliphatic rings. The molecule has 0 aliphatic carbocycles. The van der Waals surface area contributed by atoms with Gasteiger partial charge >= 0.3 is 0 Å². The fourth-order valence-corrected chi connectivity index (χ4v) is 12.2. The van der Waals surface area contributed by atoms with Crippen LogP contribution in [0.25, 0.3) is 133 Å². The number of thiazole rings is 4. The first-order valence-corrected chi connectivity index (χ1v) is 29.6. The van der Waals surface area contributed by atoms with Crippen LogP contribution in [0.4, 0.5) is 4.39 Å². The second kappa shape index (κ2) is 22.6. The van der Waals surface area contributed by atoms with Crippen LogP contribution in [0, 0.1) is 26.6 Å². The topological polar surface area (TPSA) is 162 Å². The van der Waals surface area contributed by atoms with Gasteiger partial charge in [-0.15, -0.1) is 45.3 Å². The molecule has 0 radical (unpaired) electrons. The van der Waals surface area contributed by atoms with Gasteiger partial charge in [-0.3, -0.25) is 0 Å². The van der Waals surface area contributed by atoms with Gasteiger partial charge in [0.1, 0.15) is 60.9 Å². The number of aryl methyl sites for hydroxylation is 3. The van der Waals surface area contributed by atoms with Crippen molar-refractivity contribution in [3.05, 3.63) is 212 Å². The molecule has 0 aliphatic heterocycles. The number of H-pyrrole nitrogens is 2. The summed E-state index contributed by atoms with van der Waals surface area (Å²) in [6.07, 6.45) is 7.05. The Bertz CT molecular complexity index is 4430. The molecular formula is C63H41Cl2FN6O6S4. The summed E-state index contributed by atoms with van der Waals surface area (Å²) in [6.45, 7) is 6.08. The van der Waals surface area contributed by atoms with Crippen LogP contribution >= 0.6 is 68.5 Å². The van der Waals surface area contributed by atoms with Crippen molar-refractivity contribution in [1.29, 1.82) is 0 Å². The maximum atomic E-state index is 13.5. The van der Waals surface area contributed by atoms with Crippen LogP contribution in [0.2, 0.25) is 10.0 Å². The summed E-state index contributed by atoms with van der Waals surface area (Å²) in [6, 6.07) is 42.3. The minimum atomic E-state index is -0.457. The summed E-state index contributed by atoms with van der Waals surface area (Å²) >= 11 is 18.1. The molecule has 16 rings (SSSR count). The van der Waals surface area contributed by atoms with Crippen LogP contribution < -0.4 is 0 Å². The summed E-state index contributed by atoms with van der Waals surface area (Å²) in [4.78, 5) is 24.6. The molecular weight excluding hydrogens is 1150 g/mol. The van der Waals surface area contributed by atoms with Gasteiger partial charge in [-0.1, -0.05) is 47.5 Å². The average Bonchev–Trinajstić information content (AvgIpc) is 4.51. The fourth-order valence-electron chi connectivity index (χ4n) is 8.73. The highest BCUT2D eigenvalue weighted by Crippen LogP contribution is 2.38. The fraction of sp³-hybridized carbons (Fsp3) is 0.0476. The number of rotatable bonds is 8. The Morgan fingerprint density at radius 2 is 0.817 bits per heavy atom. The van der Waals surface area contributed by atoms with Crippen LogP contribution in [-0.4, -0.2) is 29.9 Å². The van der Waals surface area contributed by atoms with Gasteiger partial charge in [-0.2, -0.15) is 0 Å². The largest absolute Gasteiger partial charge is 0.462 e. The van der Waals surface area contributed by atoms with Crippen LogP contribution in [0.1, 0.15) is 16.7 Å². The van der Waals surface area contributed by atoms with Crippen molar-refractivity contribution in [2.75, 3.05) is 0 Å². The quantitative estimate of drug-likeness (QED) is 0.150. The summed E-state index contributed by atoms with van der Waals surface area (Å²) in [5.74, 6) is 4.06. The highest BCUT2D eigenvalue weighted by molar-refractivity contribution is 7.14. The van der Waals surface area contributed by atoms with E-state index in [0.717, 1.165) is 126 Å². The van der Waals surface area contributed by atoms with E-state index in [4.69, 9.17) is 49.7 Å². The highest BCUT2D eigenvalue weighted by atomic mass is 35.5. The third kappa shape index (κ3) is 11.2. The van der Waals surface area contributed by atoms with E-state index >= 15 is 0 Å². The van der Waals surface area contributed by atoms with E-state index in [1.54, 1.807) is 52.6 Å². The van der Waals surface area contributed by atoms with Gasteiger partial charge in [-0.05, 0) is 141 Å². The third-order valence-electron chi connectivity index (χ3n) is 12.9. The first kappa shape index (κ1) is 52.6. The lowest BCUT2D eigenvalue weighted by atomic mass is 10.2. The molecule has 12 nitrogen and oxygen atoms in total. The van der Waals surface area contributed by atoms with E-state index in [-0.39, 0.29) is 5.02 Å². The van der Waals surface area contributed by atoms with Gasteiger partial charge in [0.2, 0.25) is 0 Å². The Balaban J connectivity index is 0.000000103. The molecule has 19 heteroatoms. The van der Waals surface area contributed by atoms with E-state index in [2.05, 4.69) is 68.0 Å². The van der Waals surface area contributed by atoms with Crippen LogP contribution in [0.3, 0.4) is 0 Å². The minimum Gasteiger partial charge on any atom is -0.462 e. The normalized spacial score (nSPS) is 11.3. The predicted octanol–water partition coefficient (Wildman–Crippen LogP) is 21.1. The number of halogens is 3. The van der Waals surface area contributed by atoms with Crippen molar-refractivity contribution in [3.8, 4) is 88.8 Å². The number of fused-ring (bicyclic) bond motifs is 4. The molecule has 2 N–H and O–H groups in total. The molecule has 0 spiro atoms. The maximum Gasteiger partial charge on any atom is 0.162 e. The molecule has 0 saturated heterocycles. The molecule has 0 saturated carbocycles. The Labute approximate surface area is 491 Å². The van der Waals surface area contributed by atoms with Crippen molar-refractivity contribution in [1.82, 2.24) is 29.9 Å². The molecule has 404 valence electrons. The molecule has 4 aromatic carbocycles. The average molecular weight is 1200 g/mol. The number of hydrogen-bond acceptors (Lipinski definition) is 14. The second-order valence-corrected chi connectivity index (χ2v) is 23.0. The Hall–Kier alpha value is -8.81. The number of aromatic nitrogens is 6. The highest BCUT2D eigenvalue weighted by Gasteiger charge is 2.17. The first-order chi connectivity index (χ1) is 40.0. The number of furan rings is 6. The third-order valence-corrected chi connectivity index (χ3v) is 17.0. The van der Waals surface area contributed by atoms with Crippen molar-refractivity contribution >= 4 is 112 Å². The summed E-state index contributed by atoms with van der Waals surface area (Å²) < 4.78 is 47.5. The van der Waals surface area contributed by atoms with Gasteiger partial charge in [0.25, 0.3) is 0 Å². The van der Waals surface area contributed by atoms with Gasteiger partial charge in [0, 0.05) is 66.5 Å². The number of hydrogen-bond donors (Lipinski definition) is 2. The molecule has 12 aromatic heterocycles. The summed E-state index contributed by atoms with van der Waals surface area (Å²) in [5.41, 5.74) is 11.8. The van der Waals surface area contributed by atoms with E-state index in [1.807, 2.05) is 132 Å². The SMILES string of the molecule is Cc1cc2oc(-c3csc(-c4ccc[nH]4)n3)cc2cc1Cl.Cc1ccc2cc(-c3csc(-c4ccco4)n3)oc2c1.Cc1ccc2cc(-c3csc(-c4ccco4)n3)oc2c1.Fc1cc2cc(-c3csc(-c4ccc[nH]4)n3)oc2cc1Cl. The van der Waals surface area contributed by atoms with Crippen molar-refractivity contribution in [2.24, 2.45) is 0 Å². The lowest BCUT2D eigenvalue weighted by Gasteiger charge is -1.95. The number of nitrogens with zero attached hydrogens (tertiary/aromatic N) is 4. The first-order valence-electron chi connectivity index (χ1n) is 25.3. The summed E-state index contributed by atoms with van der Waals surface area (Å²) in [7, 11) is 0. The van der Waals surface area contributed by atoms with E-state index < -0.39 is 5.82 Å². The van der Waals surface area contributed by atoms with Crippen LogP contribution in [0.15, 0.2) is 206 Å². The molecule has 0 fully saturated rings. The van der Waals surface area contributed by atoms with E-state index in [9.17, 15) is 4.39 Å². The lowest BCUT2D eigenvalue weighted by Crippen LogP contribution is -1.76. The smallest absolute Gasteiger partial charge is 0.162 e. The number of aromatic amines is 2. The van der Waals surface area contributed by atoms with E-state index in [0.29, 0.717) is 16.7 Å². The Morgan fingerprint density at radius 1 is 0.402 bits per heavy atom. The lowest BCUT2D eigenvalue weighted by molar-refractivity contribution is 0.581. The molecule has 0 atom stereocenters. The number of benzene rings is 4. The van der Waals surface area contributed by atoms with E-state index in [1.165, 1.54) is 34.6 Å². The predicted molar refractivity (Wildman–Crippen MR) is 328 cm³/mol. The van der Waals surface area contributed by atoms with Crippen LogP contribution in [-0.2, 0) is 0 Å². The summed E-state index contributed by atoms with van der Waals surface area (Å²) in [5, 5.41) is 16.1. The monoisotopic (exact) mass is 1190 g/mol. The maximum absolute atomic E-state index is 13.5. The van der Waals surface area contributed by atoms with Gasteiger partial charge in [0.05, 0.1) is 28.9 Å². The zero-order valence-corrected chi connectivity index (χ0v) is 48.1. The molecule has 82 heavy (non-hydrogen) atoms. The second-order valence-electron chi connectivity index (χ2n) is 18.7.